The number of ether oxygens (including phenoxy) is 1. The molecule has 8 heteroatoms. The van der Waals surface area contributed by atoms with Crippen LogP contribution in [0.5, 0.6) is 5.75 Å². The van der Waals surface area contributed by atoms with Crippen LogP contribution in [0.4, 0.5) is 11.5 Å². The predicted molar refractivity (Wildman–Crippen MR) is 104 cm³/mol. The van der Waals surface area contributed by atoms with Crippen LogP contribution in [0.3, 0.4) is 0 Å². The summed E-state index contributed by atoms with van der Waals surface area (Å²) in [6.07, 6.45) is 3.17. The largest absolute Gasteiger partial charge is 0.493 e. The van der Waals surface area contributed by atoms with Gasteiger partial charge >= 0.3 is 0 Å². The molecule has 0 spiro atoms. The zero-order valence-corrected chi connectivity index (χ0v) is 15.1. The van der Waals surface area contributed by atoms with E-state index in [-0.39, 0.29) is 16.9 Å². The number of anilines is 2. The number of nitrogens with one attached hydrogen (secondary N) is 1. The highest BCUT2D eigenvalue weighted by Gasteiger charge is 2.15. The number of hydrogen-bond acceptors (Lipinski definition) is 6. The molecule has 27 heavy (non-hydrogen) atoms. The topological polar surface area (TPSA) is 88.8 Å². The zero-order chi connectivity index (χ0) is 19.0. The van der Waals surface area contributed by atoms with Gasteiger partial charge in [-0.2, -0.15) is 0 Å². The number of aliphatic hydroxyl groups is 1. The third kappa shape index (κ3) is 3.07. The molecule has 0 amide bonds. The Morgan fingerprint density at radius 2 is 2.15 bits per heavy atom. The Morgan fingerprint density at radius 1 is 1.30 bits per heavy atom. The van der Waals surface area contributed by atoms with Gasteiger partial charge in [0.1, 0.15) is 5.82 Å². The average molecular weight is 383 g/mol. The average Bonchev–Trinajstić information content (AvgIpc) is 2.67. The molecule has 136 valence electrons. The first-order valence-electron chi connectivity index (χ1n) is 8.12. The van der Waals surface area contributed by atoms with Gasteiger partial charge in [0.25, 0.3) is 5.56 Å². The summed E-state index contributed by atoms with van der Waals surface area (Å²) in [5, 5.41) is 14.2. The number of nitrogens with zero attached hydrogens (tertiary/aromatic N) is 3. The fraction of sp³-hybridized carbons (Fsp3) is 0.105. The van der Waals surface area contributed by atoms with Crippen molar-refractivity contribution in [2.24, 2.45) is 0 Å². The third-order valence-corrected chi connectivity index (χ3v) is 4.41. The summed E-state index contributed by atoms with van der Waals surface area (Å²) in [4.78, 5) is 21.5. The highest BCUT2D eigenvalue weighted by Crippen LogP contribution is 2.25. The molecular weight excluding hydrogens is 368 g/mol. The Kier molecular flexibility index (Phi) is 4.39. The van der Waals surface area contributed by atoms with Crippen LogP contribution in [0.2, 0.25) is 5.02 Å². The van der Waals surface area contributed by atoms with Gasteiger partial charge in [0, 0.05) is 23.5 Å². The van der Waals surface area contributed by atoms with E-state index in [2.05, 4.69) is 15.3 Å². The highest BCUT2D eigenvalue weighted by molar-refractivity contribution is 6.31. The van der Waals surface area contributed by atoms with Gasteiger partial charge in [-0.1, -0.05) is 11.6 Å². The van der Waals surface area contributed by atoms with Crippen LogP contribution in [-0.2, 0) is 6.61 Å². The number of methoxy groups -OCH3 is 1. The van der Waals surface area contributed by atoms with E-state index in [0.717, 1.165) is 10.9 Å². The van der Waals surface area contributed by atoms with Crippen molar-refractivity contribution in [2.45, 2.75) is 6.61 Å². The van der Waals surface area contributed by atoms with Crippen molar-refractivity contribution in [3.8, 4) is 5.75 Å². The summed E-state index contributed by atoms with van der Waals surface area (Å²) in [6.45, 7) is -0.449. The van der Waals surface area contributed by atoms with Crippen LogP contribution < -0.4 is 15.6 Å². The Balaban J connectivity index is 1.87. The third-order valence-electron chi connectivity index (χ3n) is 4.20. The second-order valence-electron chi connectivity index (χ2n) is 5.86. The van der Waals surface area contributed by atoms with E-state index in [1.165, 1.54) is 11.5 Å². The minimum absolute atomic E-state index is 0.157. The SMILES string of the molecule is COc1cccn2c(=O)c(CO)c(Nc3ccc4ncc(Cl)cc4c3)nc12. The number of pyridine rings is 2. The Labute approximate surface area is 158 Å². The molecule has 0 unspecified atom stereocenters. The van der Waals surface area contributed by atoms with E-state index in [1.54, 1.807) is 30.6 Å². The number of halogens is 1. The zero-order valence-electron chi connectivity index (χ0n) is 14.3. The van der Waals surface area contributed by atoms with Crippen LogP contribution in [0, 0.1) is 0 Å². The number of aromatic nitrogens is 3. The summed E-state index contributed by atoms with van der Waals surface area (Å²) in [7, 11) is 1.51. The molecule has 4 aromatic rings. The van der Waals surface area contributed by atoms with Gasteiger partial charge in [-0.15, -0.1) is 0 Å². The fourth-order valence-electron chi connectivity index (χ4n) is 2.90. The smallest absolute Gasteiger partial charge is 0.265 e. The maximum absolute atomic E-state index is 12.7. The minimum atomic E-state index is -0.449. The maximum Gasteiger partial charge on any atom is 0.265 e. The second kappa shape index (κ2) is 6.86. The standard InChI is InChI=1S/C19H15ClN4O3/c1-27-16-3-2-6-24-18(16)23-17(14(10-25)19(24)26)22-13-4-5-15-11(8-13)7-12(20)9-21-15/h2-9,22,25H,10H2,1H3. The Morgan fingerprint density at radius 3 is 2.93 bits per heavy atom. The molecule has 2 N–H and O–H groups in total. The summed E-state index contributed by atoms with van der Waals surface area (Å²) in [5.41, 5.74) is 1.63. The summed E-state index contributed by atoms with van der Waals surface area (Å²) in [5.74, 6) is 0.720. The van der Waals surface area contributed by atoms with Gasteiger partial charge in [-0.05, 0) is 36.4 Å². The van der Waals surface area contributed by atoms with Crippen molar-refractivity contribution < 1.29 is 9.84 Å². The van der Waals surface area contributed by atoms with Gasteiger partial charge in [0.15, 0.2) is 11.4 Å². The number of hydrogen-bond donors (Lipinski definition) is 2. The molecule has 3 aromatic heterocycles. The molecule has 0 radical (unpaired) electrons. The van der Waals surface area contributed by atoms with Crippen LogP contribution in [0.15, 0.2) is 53.6 Å². The molecule has 7 nitrogen and oxygen atoms in total. The number of fused-ring (bicyclic) bond motifs is 2. The quantitative estimate of drug-likeness (QED) is 0.563. The molecule has 0 atom stereocenters. The lowest BCUT2D eigenvalue weighted by atomic mass is 10.2. The molecule has 4 rings (SSSR count). The Hall–Kier alpha value is -3.16. The first kappa shape index (κ1) is 17.3. The second-order valence-corrected chi connectivity index (χ2v) is 6.29. The molecule has 0 bridgehead atoms. The lowest BCUT2D eigenvalue weighted by Crippen LogP contribution is -2.22. The Bertz CT molecular complexity index is 1220. The van der Waals surface area contributed by atoms with E-state index in [0.29, 0.717) is 22.1 Å². The van der Waals surface area contributed by atoms with E-state index < -0.39 is 6.61 Å². The first-order valence-corrected chi connectivity index (χ1v) is 8.50. The highest BCUT2D eigenvalue weighted by atomic mass is 35.5. The molecule has 0 fully saturated rings. The van der Waals surface area contributed by atoms with Crippen molar-refractivity contribution in [2.75, 3.05) is 12.4 Å². The maximum atomic E-state index is 12.7. The number of rotatable bonds is 4. The summed E-state index contributed by atoms with van der Waals surface area (Å²) < 4.78 is 6.64. The molecule has 1 aromatic carbocycles. The van der Waals surface area contributed by atoms with Gasteiger partial charge in [0.05, 0.1) is 29.8 Å². The fourth-order valence-corrected chi connectivity index (χ4v) is 3.06. The molecule has 0 saturated carbocycles. The van der Waals surface area contributed by atoms with Crippen LogP contribution >= 0.6 is 11.6 Å². The van der Waals surface area contributed by atoms with Gasteiger partial charge < -0.3 is 15.2 Å². The van der Waals surface area contributed by atoms with Crippen molar-refractivity contribution in [3.05, 3.63) is 69.7 Å². The van der Waals surface area contributed by atoms with E-state index >= 15 is 0 Å². The monoisotopic (exact) mass is 382 g/mol. The predicted octanol–water partition coefficient (Wildman–Crippen LogP) is 3.14. The molecular formula is C19H15ClN4O3. The first-order chi connectivity index (χ1) is 13.1. The summed E-state index contributed by atoms with van der Waals surface area (Å²) in [6, 6.07) is 10.7. The molecule has 0 saturated heterocycles. The van der Waals surface area contributed by atoms with E-state index in [4.69, 9.17) is 16.3 Å². The van der Waals surface area contributed by atoms with Gasteiger partial charge in [-0.25, -0.2) is 4.98 Å². The lowest BCUT2D eigenvalue weighted by Gasteiger charge is -2.13. The number of aliphatic hydroxyl groups excluding tert-OH is 1. The lowest BCUT2D eigenvalue weighted by molar-refractivity contribution is 0.280. The molecule has 0 aliphatic carbocycles. The summed E-state index contributed by atoms with van der Waals surface area (Å²) >= 11 is 6.01. The van der Waals surface area contributed by atoms with Crippen LogP contribution in [0.25, 0.3) is 16.6 Å². The van der Waals surface area contributed by atoms with Crippen molar-refractivity contribution in [1.29, 1.82) is 0 Å². The van der Waals surface area contributed by atoms with Crippen molar-refractivity contribution >= 4 is 39.7 Å². The van der Waals surface area contributed by atoms with E-state index in [9.17, 15) is 9.90 Å². The molecule has 3 heterocycles. The van der Waals surface area contributed by atoms with E-state index in [1.807, 2.05) is 18.2 Å². The molecule has 0 aliphatic rings. The minimum Gasteiger partial charge on any atom is -0.493 e. The van der Waals surface area contributed by atoms with Crippen molar-refractivity contribution in [1.82, 2.24) is 14.4 Å². The molecule has 0 aliphatic heterocycles. The van der Waals surface area contributed by atoms with Crippen LogP contribution in [0.1, 0.15) is 5.56 Å². The number of benzene rings is 1. The van der Waals surface area contributed by atoms with Crippen LogP contribution in [-0.4, -0.2) is 26.6 Å². The van der Waals surface area contributed by atoms with Gasteiger partial charge in [0.2, 0.25) is 0 Å². The van der Waals surface area contributed by atoms with Gasteiger partial charge in [-0.3, -0.25) is 14.2 Å². The normalized spacial score (nSPS) is 11.1. The van der Waals surface area contributed by atoms with Crippen molar-refractivity contribution in [3.63, 3.8) is 0 Å².